The molecule has 1 N–H and O–H groups in total. The van der Waals surface area contributed by atoms with Crippen LogP contribution in [0, 0.1) is 5.41 Å². The molecule has 0 spiro atoms. The molecule has 1 unspecified atom stereocenters. The molecule has 13 heavy (non-hydrogen) atoms. The van der Waals surface area contributed by atoms with Crippen LogP contribution in [0.5, 0.6) is 0 Å². The molecule has 0 aromatic carbocycles. The summed E-state index contributed by atoms with van der Waals surface area (Å²) in [6, 6.07) is 0. The van der Waals surface area contributed by atoms with Gasteiger partial charge in [-0.1, -0.05) is 27.7 Å². The van der Waals surface area contributed by atoms with Gasteiger partial charge in [-0.2, -0.15) is 0 Å². The monoisotopic (exact) mass is 186 g/mol. The van der Waals surface area contributed by atoms with Gasteiger partial charge in [-0.15, -0.1) is 0 Å². The summed E-state index contributed by atoms with van der Waals surface area (Å²) in [5.74, 6) is 0. The fourth-order valence-corrected chi connectivity index (χ4v) is 1.77. The van der Waals surface area contributed by atoms with Crippen LogP contribution in [0.2, 0.25) is 0 Å². The molecule has 0 aromatic heterocycles. The van der Waals surface area contributed by atoms with Crippen LogP contribution in [0.4, 0.5) is 0 Å². The van der Waals surface area contributed by atoms with E-state index in [-0.39, 0.29) is 0 Å². The van der Waals surface area contributed by atoms with Crippen LogP contribution in [-0.2, 0) is 0 Å². The zero-order valence-electron chi connectivity index (χ0n) is 9.98. The van der Waals surface area contributed by atoms with E-state index in [0.29, 0.717) is 5.41 Å². The molecule has 1 atom stereocenters. The van der Waals surface area contributed by atoms with E-state index in [1.165, 1.54) is 26.1 Å². The predicted octanol–water partition coefficient (Wildman–Crippen LogP) is 1.96. The first kappa shape index (κ1) is 12.9. The minimum atomic E-state index is 0.532. The molecule has 0 amide bonds. The molecule has 0 aliphatic carbocycles. The first-order valence-corrected chi connectivity index (χ1v) is 5.55. The Bertz CT molecular complexity index is 117. The average molecular weight is 186 g/mol. The van der Waals surface area contributed by atoms with Crippen molar-refractivity contribution in [2.45, 2.75) is 34.1 Å². The summed E-state index contributed by atoms with van der Waals surface area (Å²) in [6.45, 7) is 13.4. The molecular weight excluding hydrogens is 160 g/mol. The molecule has 0 aromatic rings. The molecule has 2 nitrogen and oxygen atoms in total. The summed E-state index contributed by atoms with van der Waals surface area (Å²) < 4.78 is 0. The van der Waals surface area contributed by atoms with Crippen LogP contribution < -0.4 is 5.32 Å². The topological polar surface area (TPSA) is 15.3 Å². The van der Waals surface area contributed by atoms with Gasteiger partial charge in [0.05, 0.1) is 0 Å². The van der Waals surface area contributed by atoms with Crippen molar-refractivity contribution >= 4 is 0 Å². The Kier molecular flexibility index (Phi) is 6.35. The maximum atomic E-state index is 3.42. The highest BCUT2D eigenvalue weighted by Crippen LogP contribution is 2.24. The highest BCUT2D eigenvalue weighted by atomic mass is 15.1. The van der Waals surface area contributed by atoms with E-state index in [9.17, 15) is 0 Å². The van der Waals surface area contributed by atoms with E-state index >= 15 is 0 Å². The summed E-state index contributed by atoms with van der Waals surface area (Å²) in [5.41, 5.74) is 0.532. The van der Waals surface area contributed by atoms with Gasteiger partial charge in [0, 0.05) is 13.1 Å². The Morgan fingerprint density at radius 1 is 1.38 bits per heavy atom. The molecule has 0 saturated carbocycles. The van der Waals surface area contributed by atoms with Crippen molar-refractivity contribution in [3.8, 4) is 0 Å². The fraction of sp³-hybridized carbons (Fsp3) is 1.00. The standard InChI is InChI=1S/C9H20N2.C2H6/c1-4-11(3)8-9(2)5-6-10-7-9;1-2/h10H,4-8H2,1-3H3;1-2H3. The smallest absolute Gasteiger partial charge is 0.00448 e. The molecule has 1 aliphatic heterocycles. The molecular formula is C11H26N2. The Morgan fingerprint density at radius 2 is 2.00 bits per heavy atom. The largest absolute Gasteiger partial charge is 0.316 e. The fourth-order valence-electron chi connectivity index (χ4n) is 1.77. The molecule has 80 valence electrons. The Balaban J connectivity index is 0.000000671. The Labute approximate surface area is 83.7 Å². The number of nitrogens with zero attached hydrogens (tertiary/aromatic N) is 1. The third-order valence-corrected chi connectivity index (χ3v) is 2.65. The lowest BCUT2D eigenvalue weighted by Gasteiger charge is -2.28. The number of hydrogen-bond acceptors (Lipinski definition) is 2. The second kappa shape index (κ2) is 6.39. The van der Waals surface area contributed by atoms with Gasteiger partial charge in [0.25, 0.3) is 0 Å². The number of rotatable bonds is 3. The highest BCUT2D eigenvalue weighted by molar-refractivity contribution is 4.85. The van der Waals surface area contributed by atoms with Crippen LogP contribution in [0.3, 0.4) is 0 Å². The molecule has 1 saturated heterocycles. The van der Waals surface area contributed by atoms with E-state index in [1.807, 2.05) is 13.8 Å². The van der Waals surface area contributed by atoms with Gasteiger partial charge in [-0.25, -0.2) is 0 Å². The lowest BCUT2D eigenvalue weighted by molar-refractivity contribution is 0.217. The second-order valence-electron chi connectivity index (χ2n) is 4.07. The van der Waals surface area contributed by atoms with E-state index in [1.54, 1.807) is 0 Å². The number of hydrogen-bond donors (Lipinski definition) is 1. The maximum absolute atomic E-state index is 3.42. The van der Waals surface area contributed by atoms with Gasteiger partial charge in [0.1, 0.15) is 0 Å². The van der Waals surface area contributed by atoms with Gasteiger partial charge in [-0.3, -0.25) is 0 Å². The van der Waals surface area contributed by atoms with E-state index in [0.717, 1.165) is 6.54 Å². The normalized spacial score (nSPS) is 27.2. The lowest BCUT2D eigenvalue weighted by Crippen LogP contribution is -2.34. The summed E-state index contributed by atoms with van der Waals surface area (Å²) in [5, 5.41) is 3.42. The van der Waals surface area contributed by atoms with Crippen molar-refractivity contribution in [1.29, 1.82) is 0 Å². The van der Waals surface area contributed by atoms with Crippen molar-refractivity contribution in [2.24, 2.45) is 5.41 Å². The Morgan fingerprint density at radius 3 is 2.38 bits per heavy atom. The van der Waals surface area contributed by atoms with Gasteiger partial charge >= 0.3 is 0 Å². The molecule has 1 fully saturated rings. The summed E-state index contributed by atoms with van der Waals surface area (Å²) >= 11 is 0. The van der Waals surface area contributed by atoms with Crippen LogP contribution in [-0.4, -0.2) is 38.1 Å². The summed E-state index contributed by atoms with van der Waals surface area (Å²) in [7, 11) is 2.20. The zero-order valence-corrected chi connectivity index (χ0v) is 9.98. The molecule has 2 heteroatoms. The summed E-state index contributed by atoms with van der Waals surface area (Å²) in [4.78, 5) is 2.40. The van der Waals surface area contributed by atoms with Gasteiger partial charge in [0.2, 0.25) is 0 Å². The maximum Gasteiger partial charge on any atom is 0.00448 e. The van der Waals surface area contributed by atoms with Crippen molar-refractivity contribution in [1.82, 2.24) is 10.2 Å². The van der Waals surface area contributed by atoms with Crippen LogP contribution in [0.1, 0.15) is 34.1 Å². The lowest BCUT2D eigenvalue weighted by atomic mass is 9.89. The highest BCUT2D eigenvalue weighted by Gasteiger charge is 2.28. The minimum Gasteiger partial charge on any atom is -0.316 e. The van der Waals surface area contributed by atoms with Crippen molar-refractivity contribution < 1.29 is 0 Å². The van der Waals surface area contributed by atoms with Gasteiger partial charge in [0.15, 0.2) is 0 Å². The quantitative estimate of drug-likeness (QED) is 0.725. The third kappa shape index (κ3) is 4.63. The molecule has 1 aliphatic rings. The summed E-state index contributed by atoms with van der Waals surface area (Å²) in [6.07, 6.45) is 1.33. The molecule has 1 heterocycles. The van der Waals surface area contributed by atoms with Crippen molar-refractivity contribution in [3.05, 3.63) is 0 Å². The zero-order chi connectivity index (χ0) is 10.3. The van der Waals surface area contributed by atoms with E-state index in [2.05, 4.69) is 31.1 Å². The van der Waals surface area contributed by atoms with Gasteiger partial charge < -0.3 is 10.2 Å². The number of nitrogens with one attached hydrogen (secondary N) is 1. The van der Waals surface area contributed by atoms with Crippen LogP contribution in [0.25, 0.3) is 0 Å². The third-order valence-electron chi connectivity index (χ3n) is 2.65. The molecule has 1 rings (SSSR count). The molecule has 0 bridgehead atoms. The first-order chi connectivity index (χ1) is 6.16. The van der Waals surface area contributed by atoms with E-state index < -0.39 is 0 Å². The molecule has 0 radical (unpaired) electrons. The van der Waals surface area contributed by atoms with Crippen LogP contribution >= 0.6 is 0 Å². The van der Waals surface area contributed by atoms with Crippen molar-refractivity contribution in [3.63, 3.8) is 0 Å². The van der Waals surface area contributed by atoms with Gasteiger partial charge in [-0.05, 0) is 32.0 Å². The average Bonchev–Trinajstić information content (AvgIpc) is 2.55. The SMILES string of the molecule is CC.CCN(C)CC1(C)CCNC1. The van der Waals surface area contributed by atoms with Crippen LogP contribution in [0.15, 0.2) is 0 Å². The van der Waals surface area contributed by atoms with Crippen molar-refractivity contribution in [2.75, 3.05) is 33.2 Å². The van der Waals surface area contributed by atoms with E-state index in [4.69, 9.17) is 0 Å². The Hall–Kier alpha value is -0.0800. The second-order valence-corrected chi connectivity index (χ2v) is 4.07. The minimum absolute atomic E-state index is 0.532. The predicted molar refractivity (Wildman–Crippen MR) is 60.1 cm³/mol. The first-order valence-electron chi connectivity index (χ1n) is 5.55.